The number of hydrogen-bond donors (Lipinski definition) is 2. The lowest BCUT2D eigenvalue weighted by molar-refractivity contribution is -0.149. The van der Waals surface area contributed by atoms with Crippen LogP contribution in [0.25, 0.3) is 0 Å². The summed E-state index contributed by atoms with van der Waals surface area (Å²) in [7, 11) is 0. The molecule has 14 heavy (non-hydrogen) atoms. The Morgan fingerprint density at radius 2 is 1.00 bits per heavy atom. The van der Waals surface area contributed by atoms with Crippen molar-refractivity contribution in [3.05, 3.63) is 0 Å². The molecule has 0 radical (unpaired) electrons. The van der Waals surface area contributed by atoms with Gasteiger partial charge in [-0.05, 0) is 0 Å². The first-order valence-corrected chi connectivity index (χ1v) is 3.01. The van der Waals surface area contributed by atoms with Crippen molar-refractivity contribution in [3.8, 4) is 0 Å². The Balaban J connectivity index is 0. The summed E-state index contributed by atoms with van der Waals surface area (Å²) in [5.74, 6) is -6.25. The third-order valence-electron chi connectivity index (χ3n) is 0.720. The summed E-state index contributed by atoms with van der Waals surface area (Å²) in [6.45, 7) is -2.84. The second-order valence-electron chi connectivity index (χ2n) is 1.72. The summed E-state index contributed by atoms with van der Waals surface area (Å²) >= 11 is 0. The molecule has 0 amide bonds. The molecule has 0 saturated carbocycles. The van der Waals surface area contributed by atoms with Crippen LogP contribution in [-0.2, 0) is 19.2 Å². The molecule has 0 unspecified atom stereocenters. The summed E-state index contributed by atoms with van der Waals surface area (Å²) in [5.41, 5.74) is 0. The average molecular weight is 212 g/mol. The minimum absolute atomic E-state index is 1.40. The minimum Gasteiger partial charge on any atom is -0.475 e. The Labute approximate surface area is 76.1 Å². The summed E-state index contributed by atoms with van der Waals surface area (Å²) in [6.07, 6.45) is 0. The van der Waals surface area contributed by atoms with Gasteiger partial charge in [0, 0.05) is 0 Å². The van der Waals surface area contributed by atoms with Crippen LogP contribution in [0.3, 0.4) is 0 Å². The van der Waals surface area contributed by atoms with E-state index in [9.17, 15) is 28.0 Å². The molecule has 0 heterocycles. The normalized spacial score (nSPS) is 8.14. The lowest BCUT2D eigenvalue weighted by Gasteiger charge is -1.78. The number of aliphatic carboxylic acids is 2. The van der Waals surface area contributed by atoms with Gasteiger partial charge >= 0.3 is 11.9 Å². The first-order chi connectivity index (χ1) is 6.36. The van der Waals surface area contributed by atoms with E-state index < -0.39 is 36.9 Å². The predicted molar refractivity (Wildman–Crippen MR) is 37.2 cm³/mol. The minimum atomic E-state index is -1.72. The second kappa shape index (κ2) is 7.77. The first kappa shape index (κ1) is 14.7. The largest absolute Gasteiger partial charge is 0.475 e. The van der Waals surface area contributed by atoms with Gasteiger partial charge in [0.15, 0.2) is 13.3 Å². The van der Waals surface area contributed by atoms with Gasteiger partial charge in [0.1, 0.15) is 0 Å². The molecule has 0 fully saturated rings. The van der Waals surface area contributed by atoms with Crippen molar-refractivity contribution in [1.82, 2.24) is 0 Å². The van der Waals surface area contributed by atoms with Crippen LogP contribution < -0.4 is 0 Å². The molecule has 0 spiro atoms. The summed E-state index contributed by atoms with van der Waals surface area (Å²) < 4.78 is 21.8. The number of rotatable bonds is 4. The van der Waals surface area contributed by atoms with Gasteiger partial charge in [0.2, 0.25) is 0 Å². The zero-order valence-corrected chi connectivity index (χ0v) is 6.70. The van der Waals surface area contributed by atoms with E-state index in [1.54, 1.807) is 0 Å². The fourth-order valence-electron chi connectivity index (χ4n) is 0.114. The molecule has 6 nitrogen and oxygen atoms in total. The van der Waals surface area contributed by atoms with Crippen LogP contribution in [-0.4, -0.2) is 47.1 Å². The third-order valence-corrected chi connectivity index (χ3v) is 0.720. The van der Waals surface area contributed by atoms with Crippen molar-refractivity contribution in [2.75, 3.05) is 13.3 Å². The molecular weight excluding hydrogens is 206 g/mol. The van der Waals surface area contributed by atoms with Crippen LogP contribution >= 0.6 is 0 Å². The highest BCUT2D eigenvalue weighted by molar-refractivity contribution is 6.33. The van der Waals surface area contributed by atoms with Crippen LogP contribution in [0.4, 0.5) is 8.78 Å². The molecule has 2 N–H and O–H groups in total. The van der Waals surface area contributed by atoms with Gasteiger partial charge in [-0.3, -0.25) is 9.59 Å². The zero-order valence-electron chi connectivity index (χ0n) is 6.70. The molecule has 0 aromatic heterocycles. The highest BCUT2D eigenvalue weighted by Gasteiger charge is 2.08. The third kappa shape index (κ3) is 8.24. The fraction of sp³-hybridized carbons (Fsp3) is 0.333. The quantitative estimate of drug-likeness (QED) is 0.591. The van der Waals surface area contributed by atoms with Gasteiger partial charge in [-0.2, -0.15) is 0 Å². The van der Waals surface area contributed by atoms with Gasteiger partial charge in [-0.15, -0.1) is 0 Å². The van der Waals surface area contributed by atoms with Gasteiger partial charge in [0.05, 0.1) is 0 Å². The summed E-state index contributed by atoms with van der Waals surface area (Å²) in [4.78, 5) is 37.8. The van der Waals surface area contributed by atoms with E-state index in [4.69, 9.17) is 10.2 Å². The van der Waals surface area contributed by atoms with E-state index in [1.165, 1.54) is 0 Å². The van der Waals surface area contributed by atoms with Crippen LogP contribution in [0.1, 0.15) is 0 Å². The molecule has 0 aliphatic heterocycles. The van der Waals surface area contributed by atoms with E-state index in [-0.39, 0.29) is 0 Å². The monoisotopic (exact) mass is 212 g/mol. The van der Waals surface area contributed by atoms with E-state index >= 15 is 0 Å². The molecule has 0 aromatic carbocycles. The van der Waals surface area contributed by atoms with Crippen molar-refractivity contribution in [2.24, 2.45) is 0 Å². The van der Waals surface area contributed by atoms with E-state index in [1.807, 2.05) is 0 Å². The highest BCUT2D eigenvalue weighted by Crippen LogP contribution is 1.71. The van der Waals surface area contributed by atoms with Crippen molar-refractivity contribution in [1.29, 1.82) is 0 Å². The molecular formula is C6H6F2O6. The van der Waals surface area contributed by atoms with Gasteiger partial charge < -0.3 is 10.2 Å². The number of carboxylic acid groups (broad SMARTS) is 2. The van der Waals surface area contributed by atoms with Crippen molar-refractivity contribution < 1.29 is 38.2 Å². The van der Waals surface area contributed by atoms with Crippen LogP contribution in [0.5, 0.6) is 0 Å². The Morgan fingerprint density at radius 1 is 0.786 bits per heavy atom. The number of Topliss-reactive ketones (excluding diaryl/α,β-unsaturated/α-hetero) is 2. The number of halogens is 2. The summed E-state index contributed by atoms with van der Waals surface area (Å²) in [5, 5.41) is 15.2. The molecule has 8 heteroatoms. The Morgan fingerprint density at radius 3 is 1.00 bits per heavy atom. The topological polar surface area (TPSA) is 109 Å². The zero-order chi connectivity index (χ0) is 11.7. The molecule has 0 atom stereocenters. The van der Waals surface area contributed by atoms with E-state index in [0.29, 0.717) is 0 Å². The number of alkyl halides is 2. The maximum absolute atomic E-state index is 10.9. The molecule has 0 aliphatic rings. The molecule has 0 bridgehead atoms. The standard InChI is InChI=1S/2C3H3FO3/c2*4-1-2(5)3(6)7/h2*1H2,(H,6,7). The molecule has 0 saturated heterocycles. The number of hydrogen-bond acceptors (Lipinski definition) is 4. The average Bonchev–Trinajstić information content (AvgIpc) is 2.15. The molecule has 80 valence electrons. The molecule has 0 aliphatic carbocycles. The Bertz CT molecular complexity index is 223. The predicted octanol–water partition coefficient (Wildman–Crippen LogP) is -0.781. The van der Waals surface area contributed by atoms with Crippen molar-refractivity contribution in [2.45, 2.75) is 0 Å². The SMILES string of the molecule is O=C(O)C(=O)CF.O=C(O)C(=O)CF. The Hall–Kier alpha value is -1.86. The number of carbonyl (C=O) groups is 4. The number of ketones is 2. The lowest BCUT2D eigenvalue weighted by Crippen LogP contribution is -2.13. The number of carboxylic acids is 2. The Kier molecular flexibility index (Phi) is 8.13. The maximum atomic E-state index is 10.9. The van der Waals surface area contributed by atoms with E-state index in [2.05, 4.69) is 0 Å². The van der Waals surface area contributed by atoms with Gasteiger partial charge in [0.25, 0.3) is 11.6 Å². The highest BCUT2D eigenvalue weighted by atomic mass is 19.1. The number of carbonyl (C=O) groups excluding carboxylic acids is 2. The van der Waals surface area contributed by atoms with Gasteiger partial charge in [-0.1, -0.05) is 0 Å². The van der Waals surface area contributed by atoms with Crippen molar-refractivity contribution >= 4 is 23.5 Å². The van der Waals surface area contributed by atoms with Crippen molar-refractivity contribution in [3.63, 3.8) is 0 Å². The van der Waals surface area contributed by atoms with Gasteiger partial charge in [-0.25, -0.2) is 18.4 Å². The lowest BCUT2D eigenvalue weighted by atomic mass is 10.5. The second-order valence-corrected chi connectivity index (χ2v) is 1.72. The molecule has 0 aromatic rings. The molecule has 0 rings (SSSR count). The maximum Gasteiger partial charge on any atom is 0.375 e. The van der Waals surface area contributed by atoms with Crippen LogP contribution in [0.15, 0.2) is 0 Å². The summed E-state index contributed by atoms with van der Waals surface area (Å²) in [6, 6.07) is 0. The van der Waals surface area contributed by atoms with Crippen LogP contribution in [0.2, 0.25) is 0 Å². The van der Waals surface area contributed by atoms with Crippen LogP contribution in [0, 0.1) is 0 Å². The fourth-order valence-corrected chi connectivity index (χ4v) is 0.114. The smallest absolute Gasteiger partial charge is 0.375 e. The first-order valence-electron chi connectivity index (χ1n) is 3.01. The van der Waals surface area contributed by atoms with E-state index in [0.717, 1.165) is 0 Å².